The minimum absolute atomic E-state index is 0.127. The van der Waals surface area contributed by atoms with Gasteiger partial charge in [0.15, 0.2) is 5.76 Å². The Morgan fingerprint density at radius 2 is 2.06 bits per heavy atom. The Bertz CT molecular complexity index is 520. The summed E-state index contributed by atoms with van der Waals surface area (Å²) >= 11 is 0. The molecule has 0 aliphatic heterocycles. The zero-order valence-corrected chi connectivity index (χ0v) is 10.3. The van der Waals surface area contributed by atoms with Crippen LogP contribution in [0.4, 0.5) is 0 Å². The number of amides is 1. The maximum atomic E-state index is 12.0. The third-order valence-electron chi connectivity index (χ3n) is 2.73. The highest BCUT2D eigenvalue weighted by Crippen LogP contribution is 2.10. The Morgan fingerprint density at radius 1 is 1.28 bits per heavy atom. The summed E-state index contributed by atoms with van der Waals surface area (Å²) in [5.74, 6) is 0.227. The van der Waals surface area contributed by atoms with Gasteiger partial charge in [-0.05, 0) is 23.3 Å². The summed E-state index contributed by atoms with van der Waals surface area (Å²) in [5.41, 5.74) is 7.71. The van der Waals surface area contributed by atoms with Crippen LogP contribution < -0.4 is 5.73 Å². The molecule has 4 heteroatoms. The second-order valence-corrected chi connectivity index (χ2v) is 4.16. The second kappa shape index (κ2) is 5.51. The summed E-state index contributed by atoms with van der Waals surface area (Å²) < 4.78 is 5.09. The van der Waals surface area contributed by atoms with E-state index in [1.165, 1.54) is 6.26 Å². The zero-order valence-electron chi connectivity index (χ0n) is 10.3. The van der Waals surface area contributed by atoms with Crippen molar-refractivity contribution in [3.63, 3.8) is 0 Å². The van der Waals surface area contributed by atoms with Gasteiger partial charge in [-0.3, -0.25) is 4.79 Å². The summed E-state index contributed by atoms with van der Waals surface area (Å²) in [7, 11) is 1.75. The Hall–Kier alpha value is -2.07. The van der Waals surface area contributed by atoms with Crippen LogP contribution in [0.1, 0.15) is 21.7 Å². The van der Waals surface area contributed by atoms with Crippen molar-refractivity contribution in [2.24, 2.45) is 5.73 Å². The highest BCUT2D eigenvalue weighted by atomic mass is 16.3. The van der Waals surface area contributed by atoms with Crippen LogP contribution in [0.15, 0.2) is 47.1 Å². The van der Waals surface area contributed by atoms with E-state index in [1.807, 2.05) is 24.3 Å². The first-order valence-electron chi connectivity index (χ1n) is 5.77. The van der Waals surface area contributed by atoms with Crippen molar-refractivity contribution in [2.45, 2.75) is 13.1 Å². The smallest absolute Gasteiger partial charge is 0.289 e. The first kappa shape index (κ1) is 12.4. The van der Waals surface area contributed by atoms with E-state index in [0.717, 1.165) is 11.1 Å². The maximum Gasteiger partial charge on any atom is 0.289 e. The predicted molar refractivity (Wildman–Crippen MR) is 68.8 cm³/mol. The number of nitrogens with two attached hydrogens (primary N) is 1. The van der Waals surface area contributed by atoms with Crippen molar-refractivity contribution in [2.75, 3.05) is 7.05 Å². The normalized spacial score (nSPS) is 10.3. The summed E-state index contributed by atoms with van der Waals surface area (Å²) in [5, 5.41) is 0. The Morgan fingerprint density at radius 3 is 2.72 bits per heavy atom. The molecule has 0 aliphatic carbocycles. The highest BCUT2D eigenvalue weighted by Gasteiger charge is 2.14. The van der Waals surface area contributed by atoms with E-state index in [1.54, 1.807) is 24.1 Å². The third-order valence-corrected chi connectivity index (χ3v) is 2.73. The fourth-order valence-electron chi connectivity index (χ4n) is 1.79. The molecule has 2 aromatic rings. The van der Waals surface area contributed by atoms with Crippen LogP contribution in [0.5, 0.6) is 0 Å². The first-order valence-corrected chi connectivity index (χ1v) is 5.77. The minimum atomic E-state index is -0.127. The zero-order chi connectivity index (χ0) is 13.0. The molecule has 1 amide bonds. The van der Waals surface area contributed by atoms with E-state index in [-0.39, 0.29) is 5.91 Å². The quantitative estimate of drug-likeness (QED) is 0.895. The topological polar surface area (TPSA) is 59.5 Å². The average Bonchev–Trinajstić information content (AvgIpc) is 2.92. The van der Waals surface area contributed by atoms with Gasteiger partial charge >= 0.3 is 0 Å². The van der Waals surface area contributed by atoms with Crippen molar-refractivity contribution >= 4 is 5.91 Å². The number of carbonyl (C=O) groups is 1. The molecule has 0 saturated heterocycles. The third kappa shape index (κ3) is 2.78. The fourth-order valence-corrected chi connectivity index (χ4v) is 1.79. The molecule has 4 nitrogen and oxygen atoms in total. The molecule has 0 aliphatic rings. The second-order valence-electron chi connectivity index (χ2n) is 4.16. The molecule has 0 bridgehead atoms. The molecule has 2 rings (SSSR count). The van der Waals surface area contributed by atoms with Gasteiger partial charge in [0, 0.05) is 20.1 Å². The van der Waals surface area contributed by atoms with E-state index in [2.05, 4.69) is 0 Å². The molecule has 2 N–H and O–H groups in total. The largest absolute Gasteiger partial charge is 0.459 e. The number of hydrogen-bond acceptors (Lipinski definition) is 3. The number of carbonyl (C=O) groups excluding carboxylic acids is 1. The lowest BCUT2D eigenvalue weighted by molar-refractivity contribution is 0.0753. The number of nitrogens with zero attached hydrogens (tertiary/aromatic N) is 1. The summed E-state index contributed by atoms with van der Waals surface area (Å²) in [6, 6.07) is 11.3. The fraction of sp³-hybridized carbons (Fsp3) is 0.214. The molecule has 18 heavy (non-hydrogen) atoms. The average molecular weight is 244 g/mol. The van der Waals surface area contributed by atoms with E-state index >= 15 is 0 Å². The molecule has 1 heterocycles. The number of rotatable bonds is 4. The molecule has 0 spiro atoms. The van der Waals surface area contributed by atoms with Gasteiger partial charge in [-0.2, -0.15) is 0 Å². The van der Waals surface area contributed by atoms with Crippen LogP contribution in [0, 0.1) is 0 Å². The Labute approximate surface area is 106 Å². The van der Waals surface area contributed by atoms with Crippen LogP contribution in [-0.2, 0) is 13.1 Å². The molecule has 1 aromatic heterocycles. The predicted octanol–water partition coefficient (Wildman–Crippen LogP) is 2.01. The summed E-state index contributed by atoms with van der Waals surface area (Å²) in [6.45, 7) is 1.04. The van der Waals surface area contributed by atoms with Gasteiger partial charge in [0.05, 0.1) is 6.26 Å². The van der Waals surface area contributed by atoms with E-state index in [9.17, 15) is 4.79 Å². The van der Waals surface area contributed by atoms with Gasteiger partial charge in [0.1, 0.15) is 0 Å². The lowest BCUT2D eigenvalue weighted by Gasteiger charge is -2.16. The van der Waals surface area contributed by atoms with Crippen molar-refractivity contribution in [1.82, 2.24) is 4.90 Å². The van der Waals surface area contributed by atoms with Crippen molar-refractivity contribution < 1.29 is 9.21 Å². The number of hydrogen-bond donors (Lipinski definition) is 1. The van der Waals surface area contributed by atoms with Crippen molar-refractivity contribution in [1.29, 1.82) is 0 Å². The number of benzene rings is 1. The van der Waals surface area contributed by atoms with E-state index < -0.39 is 0 Å². The first-order chi connectivity index (χ1) is 8.70. The van der Waals surface area contributed by atoms with Gasteiger partial charge in [0.2, 0.25) is 0 Å². The van der Waals surface area contributed by atoms with Gasteiger partial charge < -0.3 is 15.1 Å². The minimum Gasteiger partial charge on any atom is -0.459 e. The van der Waals surface area contributed by atoms with E-state index in [4.69, 9.17) is 10.2 Å². The standard InChI is InChI=1S/C14H16N2O2/c1-16(14(17)13-6-3-7-18-13)10-12-5-2-4-11(8-12)9-15/h2-8H,9-10,15H2,1H3. The molecule has 0 radical (unpaired) electrons. The molecular weight excluding hydrogens is 228 g/mol. The molecule has 0 atom stereocenters. The van der Waals surface area contributed by atoms with Crippen LogP contribution in [-0.4, -0.2) is 17.9 Å². The van der Waals surface area contributed by atoms with Gasteiger partial charge in [-0.1, -0.05) is 24.3 Å². The summed E-state index contributed by atoms with van der Waals surface area (Å²) in [4.78, 5) is 13.6. The van der Waals surface area contributed by atoms with Crippen molar-refractivity contribution in [3.8, 4) is 0 Å². The molecular formula is C14H16N2O2. The monoisotopic (exact) mass is 244 g/mol. The van der Waals surface area contributed by atoms with Gasteiger partial charge in [0.25, 0.3) is 5.91 Å². The maximum absolute atomic E-state index is 12.0. The van der Waals surface area contributed by atoms with E-state index in [0.29, 0.717) is 18.8 Å². The highest BCUT2D eigenvalue weighted by molar-refractivity contribution is 5.91. The van der Waals surface area contributed by atoms with Crippen molar-refractivity contribution in [3.05, 3.63) is 59.5 Å². The molecule has 0 unspecified atom stereocenters. The number of furan rings is 1. The van der Waals surface area contributed by atoms with Crippen LogP contribution in [0.3, 0.4) is 0 Å². The van der Waals surface area contributed by atoms with Crippen LogP contribution >= 0.6 is 0 Å². The molecule has 0 fully saturated rings. The van der Waals surface area contributed by atoms with Crippen LogP contribution in [0.25, 0.3) is 0 Å². The van der Waals surface area contributed by atoms with Gasteiger partial charge in [-0.15, -0.1) is 0 Å². The SMILES string of the molecule is CN(Cc1cccc(CN)c1)C(=O)c1ccco1. The molecule has 1 aromatic carbocycles. The molecule has 94 valence electrons. The Kier molecular flexibility index (Phi) is 3.79. The van der Waals surface area contributed by atoms with Crippen LogP contribution in [0.2, 0.25) is 0 Å². The Balaban J connectivity index is 2.06. The lowest BCUT2D eigenvalue weighted by atomic mass is 10.1. The lowest BCUT2D eigenvalue weighted by Crippen LogP contribution is -2.25. The summed E-state index contributed by atoms with van der Waals surface area (Å²) in [6.07, 6.45) is 1.50. The van der Waals surface area contributed by atoms with Gasteiger partial charge in [-0.25, -0.2) is 0 Å². The molecule has 0 saturated carbocycles.